The number of sulfonamides is 1. The second-order valence-electron chi connectivity index (χ2n) is 7.02. The molecule has 3 heterocycles. The van der Waals surface area contributed by atoms with Crippen LogP contribution in [-0.4, -0.2) is 42.5 Å². The van der Waals surface area contributed by atoms with Crippen LogP contribution >= 0.6 is 11.3 Å². The molecule has 0 radical (unpaired) electrons. The molecule has 0 atom stereocenters. The number of nitrogens with zero attached hydrogens (tertiary/aromatic N) is 3. The molecule has 1 amide bonds. The van der Waals surface area contributed by atoms with Gasteiger partial charge in [-0.2, -0.15) is 4.98 Å². The smallest absolute Gasteiger partial charge is 0.316 e. The molecular weight excluding hydrogens is 431 g/mol. The van der Waals surface area contributed by atoms with Gasteiger partial charge in [0, 0.05) is 18.0 Å². The maximum Gasteiger partial charge on any atom is 0.316 e. The summed E-state index contributed by atoms with van der Waals surface area (Å²) >= 11 is 1.16. The number of thiophene rings is 1. The standard InChI is InChI=1S/C19H19FN4O4S2/c1-11-5-6-13(9-14(11)20)23-30(26,27)16-10-15(29-12(16)2)17-21-18(28-22-17)19(25)24-7-3-4-8-24/h5-6,9-10,23H,3-4,7-8H2,1-2H3. The van der Waals surface area contributed by atoms with E-state index in [1.165, 1.54) is 18.2 Å². The van der Waals surface area contributed by atoms with E-state index in [0.717, 1.165) is 30.2 Å². The fourth-order valence-electron chi connectivity index (χ4n) is 3.17. The molecule has 8 nitrogen and oxygen atoms in total. The summed E-state index contributed by atoms with van der Waals surface area (Å²) in [5.41, 5.74) is 0.548. The van der Waals surface area contributed by atoms with Crippen molar-refractivity contribution in [1.82, 2.24) is 15.0 Å². The lowest BCUT2D eigenvalue weighted by molar-refractivity contribution is 0.0743. The van der Waals surface area contributed by atoms with Crippen molar-refractivity contribution in [3.05, 3.63) is 46.4 Å². The number of aryl methyl sites for hydroxylation is 2. The van der Waals surface area contributed by atoms with E-state index in [9.17, 15) is 17.6 Å². The van der Waals surface area contributed by atoms with Gasteiger partial charge in [-0.3, -0.25) is 9.52 Å². The molecule has 0 saturated carbocycles. The number of hydrogen-bond acceptors (Lipinski definition) is 7. The summed E-state index contributed by atoms with van der Waals surface area (Å²) in [4.78, 5) is 19.1. The van der Waals surface area contributed by atoms with Gasteiger partial charge in [0.05, 0.1) is 10.6 Å². The third-order valence-corrected chi connectivity index (χ3v) is 7.49. The van der Waals surface area contributed by atoms with Crippen molar-refractivity contribution in [3.63, 3.8) is 0 Å². The van der Waals surface area contributed by atoms with E-state index in [-0.39, 0.29) is 28.2 Å². The summed E-state index contributed by atoms with van der Waals surface area (Å²) in [6.07, 6.45) is 1.88. The fourth-order valence-corrected chi connectivity index (χ4v) is 5.74. The van der Waals surface area contributed by atoms with E-state index in [1.807, 2.05) is 0 Å². The first-order chi connectivity index (χ1) is 14.2. The lowest BCUT2D eigenvalue weighted by atomic mass is 10.2. The summed E-state index contributed by atoms with van der Waals surface area (Å²) < 4.78 is 46.8. The van der Waals surface area contributed by atoms with Gasteiger partial charge in [0.2, 0.25) is 5.82 Å². The van der Waals surface area contributed by atoms with E-state index in [2.05, 4.69) is 14.9 Å². The average Bonchev–Trinajstić information content (AvgIpc) is 3.43. The molecule has 1 aromatic carbocycles. The molecule has 1 N–H and O–H groups in total. The maximum atomic E-state index is 13.8. The third kappa shape index (κ3) is 3.94. The zero-order chi connectivity index (χ0) is 21.5. The Morgan fingerprint density at radius 3 is 2.67 bits per heavy atom. The highest BCUT2D eigenvalue weighted by molar-refractivity contribution is 7.93. The van der Waals surface area contributed by atoms with Crippen LogP contribution in [0.3, 0.4) is 0 Å². The van der Waals surface area contributed by atoms with Crippen molar-refractivity contribution in [2.75, 3.05) is 17.8 Å². The normalized spacial score (nSPS) is 14.3. The number of benzene rings is 1. The quantitative estimate of drug-likeness (QED) is 0.637. The number of amides is 1. The van der Waals surface area contributed by atoms with Crippen molar-refractivity contribution in [2.24, 2.45) is 0 Å². The van der Waals surface area contributed by atoms with Gasteiger partial charge in [-0.15, -0.1) is 11.3 Å². The highest BCUT2D eigenvalue weighted by Gasteiger charge is 2.27. The monoisotopic (exact) mass is 450 g/mol. The van der Waals surface area contributed by atoms with Crippen LogP contribution in [0.4, 0.5) is 10.1 Å². The molecule has 158 valence electrons. The summed E-state index contributed by atoms with van der Waals surface area (Å²) in [6, 6.07) is 5.54. The molecule has 0 aliphatic carbocycles. The molecule has 3 aromatic rings. The minimum absolute atomic E-state index is 0.0284. The van der Waals surface area contributed by atoms with Crippen molar-refractivity contribution < 1.29 is 22.1 Å². The van der Waals surface area contributed by atoms with E-state index >= 15 is 0 Å². The van der Waals surface area contributed by atoms with Crippen LogP contribution in [-0.2, 0) is 10.0 Å². The number of nitrogens with one attached hydrogen (secondary N) is 1. The number of aromatic nitrogens is 2. The van der Waals surface area contributed by atoms with Crippen molar-refractivity contribution in [1.29, 1.82) is 0 Å². The Morgan fingerprint density at radius 1 is 1.23 bits per heavy atom. The molecule has 2 aromatic heterocycles. The first-order valence-corrected chi connectivity index (χ1v) is 11.6. The molecule has 0 unspecified atom stereocenters. The largest absolute Gasteiger partial charge is 0.334 e. The SMILES string of the molecule is Cc1ccc(NS(=O)(=O)c2cc(-c3noc(C(=O)N4CCCC4)n3)sc2C)cc1F. The van der Waals surface area contributed by atoms with Gasteiger partial charge in [0.1, 0.15) is 10.7 Å². The third-order valence-electron chi connectivity index (χ3n) is 4.81. The molecule has 0 bridgehead atoms. The number of carbonyl (C=O) groups is 1. The Kier molecular flexibility index (Phi) is 5.33. The Morgan fingerprint density at radius 2 is 1.97 bits per heavy atom. The van der Waals surface area contributed by atoms with Gasteiger partial charge >= 0.3 is 11.8 Å². The Labute approximate surface area is 176 Å². The molecule has 30 heavy (non-hydrogen) atoms. The fraction of sp³-hybridized carbons (Fsp3) is 0.316. The van der Waals surface area contributed by atoms with Crippen molar-refractivity contribution in [3.8, 4) is 10.7 Å². The van der Waals surface area contributed by atoms with Crippen molar-refractivity contribution in [2.45, 2.75) is 31.6 Å². The summed E-state index contributed by atoms with van der Waals surface area (Å²) in [6.45, 7) is 4.55. The zero-order valence-electron chi connectivity index (χ0n) is 16.3. The van der Waals surface area contributed by atoms with Crippen LogP contribution in [0.25, 0.3) is 10.7 Å². The van der Waals surface area contributed by atoms with Crippen molar-refractivity contribution >= 4 is 33.0 Å². The Hall–Kier alpha value is -2.79. The molecule has 11 heteroatoms. The lowest BCUT2D eigenvalue weighted by Crippen LogP contribution is -2.27. The zero-order valence-corrected chi connectivity index (χ0v) is 17.9. The van der Waals surface area contributed by atoms with Gasteiger partial charge in [0.25, 0.3) is 10.0 Å². The first-order valence-electron chi connectivity index (χ1n) is 9.27. The predicted octanol–water partition coefficient (Wildman–Crippen LogP) is 3.59. The van der Waals surface area contributed by atoms with Crippen LogP contribution in [0, 0.1) is 19.7 Å². The molecular formula is C19H19FN4O4S2. The minimum Gasteiger partial charge on any atom is -0.334 e. The van der Waals surface area contributed by atoms with E-state index in [4.69, 9.17) is 4.52 Å². The minimum atomic E-state index is -3.95. The lowest BCUT2D eigenvalue weighted by Gasteiger charge is -2.10. The maximum absolute atomic E-state index is 13.8. The predicted molar refractivity (Wildman–Crippen MR) is 109 cm³/mol. The van der Waals surface area contributed by atoms with Gasteiger partial charge in [-0.05, 0) is 50.5 Å². The van der Waals surface area contributed by atoms with Gasteiger partial charge in [-0.1, -0.05) is 11.2 Å². The molecule has 1 aliphatic rings. The van der Waals surface area contributed by atoms with Gasteiger partial charge in [0.15, 0.2) is 0 Å². The van der Waals surface area contributed by atoms with Crippen LogP contribution in [0.1, 0.15) is 34.0 Å². The van der Waals surface area contributed by atoms with Gasteiger partial charge < -0.3 is 9.42 Å². The number of hydrogen-bond donors (Lipinski definition) is 1. The molecule has 0 spiro atoms. The molecule has 1 saturated heterocycles. The highest BCUT2D eigenvalue weighted by atomic mass is 32.2. The number of rotatable bonds is 5. The second-order valence-corrected chi connectivity index (χ2v) is 9.93. The Bertz CT molecular complexity index is 1210. The molecule has 1 aliphatic heterocycles. The van der Waals surface area contributed by atoms with Crippen LogP contribution in [0.2, 0.25) is 0 Å². The molecule has 4 rings (SSSR count). The van der Waals surface area contributed by atoms with Crippen LogP contribution in [0.15, 0.2) is 33.7 Å². The topological polar surface area (TPSA) is 105 Å². The number of halogens is 1. The number of carbonyl (C=O) groups excluding carboxylic acids is 1. The van der Waals surface area contributed by atoms with E-state index in [0.29, 0.717) is 28.4 Å². The molecule has 1 fully saturated rings. The average molecular weight is 451 g/mol. The highest BCUT2D eigenvalue weighted by Crippen LogP contribution is 2.33. The first kappa shape index (κ1) is 20.5. The summed E-state index contributed by atoms with van der Waals surface area (Å²) in [5, 5.41) is 3.83. The van der Waals surface area contributed by atoms with E-state index in [1.54, 1.807) is 18.7 Å². The summed E-state index contributed by atoms with van der Waals surface area (Å²) in [5.74, 6) is -0.792. The Balaban J connectivity index is 1.58. The van der Waals surface area contributed by atoms with Crippen LogP contribution < -0.4 is 4.72 Å². The van der Waals surface area contributed by atoms with Gasteiger partial charge in [-0.25, -0.2) is 12.8 Å². The second kappa shape index (κ2) is 7.80. The summed E-state index contributed by atoms with van der Waals surface area (Å²) in [7, 11) is -3.95. The number of anilines is 1. The van der Waals surface area contributed by atoms with Crippen LogP contribution in [0.5, 0.6) is 0 Å². The van der Waals surface area contributed by atoms with E-state index < -0.39 is 15.8 Å². The number of likely N-dealkylation sites (tertiary alicyclic amines) is 1.